The number of thiophene rings is 1. The number of hydrogen-bond acceptors (Lipinski definition) is 6. The Kier molecular flexibility index (Phi) is 4.33. The average molecular weight is 322 g/mol. The van der Waals surface area contributed by atoms with Crippen LogP contribution in [-0.4, -0.2) is 21.1 Å². The fraction of sp³-hybridized carbons (Fsp3) is 0.143. The first-order valence-corrected chi connectivity index (χ1v) is 8.02. The van der Waals surface area contributed by atoms with E-state index in [1.807, 2.05) is 17.5 Å². The lowest BCUT2D eigenvalue weighted by atomic mass is 10.1. The summed E-state index contributed by atoms with van der Waals surface area (Å²) >= 11 is 2.79. The molecule has 0 saturated heterocycles. The van der Waals surface area contributed by atoms with Gasteiger partial charge in [-0.2, -0.15) is 0 Å². The first kappa shape index (κ1) is 14.2. The van der Waals surface area contributed by atoms with Crippen molar-refractivity contribution in [3.8, 4) is 10.8 Å². The molecule has 0 bridgehead atoms. The van der Waals surface area contributed by atoms with Crippen LogP contribution in [0.1, 0.15) is 11.7 Å². The van der Waals surface area contributed by atoms with E-state index in [0.717, 1.165) is 4.88 Å². The van der Waals surface area contributed by atoms with Gasteiger partial charge in [0, 0.05) is 5.75 Å². The SMILES string of the molecule is OC(CSc1nnc(-c2cccs2)o1)c1ccc(F)cc1. The van der Waals surface area contributed by atoms with Gasteiger partial charge in [0.25, 0.3) is 11.1 Å². The molecule has 0 saturated carbocycles. The zero-order valence-corrected chi connectivity index (χ0v) is 12.4. The second-order valence-electron chi connectivity index (χ2n) is 4.23. The second-order valence-corrected chi connectivity index (χ2v) is 6.15. The molecule has 0 fully saturated rings. The predicted molar refractivity (Wildman–Crippen MR) is 79.7 cm³/mol. The molecule has 0 radical (unpaired) electrons. The van der Waals surface area contributed by atoms with Crippen molar-refractivity contribution in [3.63, 3.8) is 0 Å². The van der Waals surface area contributed by atoms with E-state index in [-0.39, 0.29) is 5.82 Å². The van der Waals surface area contributed by atoms with E-state index in [4.69, 9.17) is 4.42 Å². The summed E-state index contributed by atoms with van der Waals surface area (Å²) in [7, 11) is 0. The molecule has 1 atom stereocenters. The Hall–Kier alpha value is -1.70. The van der Waals surface area contributed by atoms with Crippen molar-refractivity contribution in [1.29, 1.82) is 0 Å². The smallest absolute Gasteiger partial charge is 0.276 e. The van der Waals surface area contributed by atoms with Gasteiger partial charge in [0.2, 0.25) is 0 Å². The molecule has 7 heteroatoms. The maximum absolute atomic E-state index is 12.8. The molecule has 2 heterocycles. The van der Waals surface area contributed by atoms with Gasteiger partial charge < -0.3 is 9.52 Å². The molecule has 0 aliphatic heterocycles. The summed E-state index contributed by atoms with van der Waals surface area (Å²) in [5.41, 5.74) is 0.655. The van der Waals surface area contributed by atoms with Crippen molar-refractivity contribution in [1.82, 2.24) is 10.2 Å². The molecule has 4 nitrogen and oxygen atoms in total. The number of aliphatic hydroxyl groups is 1. The van der Waals surface area contributed by atoms with Crippen LogP contribution in [0, 0.1) is 5.82 Å². The summed E-state index contributed by atoms with van der Waals surface area (Å²) < 4.78 is 18.3. The largest absolute Gasteiger partial charge is 0.410 e. The molecule has 21 heavy (non-hydrogen) atoms. The molecule has 0 spiro atoms. The summed E-state index contributed by atoms with van der Waals surface area (Å²) in [6.07, 6.45) is -0.715. The van der Waals surface area contributed by atoms with Gasteiger partial charge in [-0.3, -0.25) is 0 Å². The van der Waals surface area contributed by atoms with Crippen LogP contribution in [0.2, 0.25) is 0 Å². The van der Waals surface area contributed by atoms with Crippen molar-refractivity contribution in [2.24, 2.45) is 0 Å². The third-order valence-electron chi connectivity index (χ3n) is 2.76. The molecule has 0 aliphatic rings. The average Bonchev–Trinajstić information content (AvgIpc) is 3.16. The molecular weight excluding hydrogens is 311 g/mol. The highest BCUT2D eigenvalue weighted by molar-refractivity contribution is 7.99. The molecule has 2 aromatic heterocycles. The Bertz CT molecular complexity index is 698. The molecule has 3 aromatic rings. The summed E-state index contributed by atoms with van der Waals surface area (Å²) in [4.78, 5) is 0.911. The summed E-state index contributed by atoms with van der Waals surface area (Å²) in [5, 5.41) is 20.3. The maximum atomic E-state index is 12.8. The lowest BCUT2D eigenvalue weighted by Crippen LogP contribution is -2.00. The highest BCUT2D eigenvalue weighted by atomic mass is 32.2. The molecule has 1 aromatic carbocycles. The van der Waals surface area contributed by atoms with Crippen molar-refractivity contribution < 1.29 is 13.9 Å². The number of nitrogens with zero attached hydrogens (tertiary/aromatic N) is 2. The van der Waals surface area contributed by atoms with Crippen LogP contribution in [0.25, 0.3) is 10.8 Å². The van der Waals surface area contributed by atoms with Gasteiger partial charge >= 0.3 is 0 Å². The normalized spacial score (nSPS) is 12.5. The maximum Gasteiger partial charge on any atom is 0.276 e. The first-order valence-electron chi connectivity index (χ1n) is 6.16. The fourth-order valence-electron chi connectivity index (χ4n) is 1.70. The summed E-state index contributed by atoms with van der Waals surface area (Å²) in [5.74, 6) is 0.511. The molecule has 3 rings (SSSR count). The van der Waals surface area contributed by atoms with Crippen molar-refractivity contribution in [2.45, 2.75) is 11.3 Å². The van der Waals surface area contributed by atoms with Gasteiger partial charge in [-0.05, 0) is 29.1 Å². The Morgan fingerprint density at radius 1 is 1.24 bits per heavy atom. The van der Waals surface area contributed by atoms with Crippen LogP contribution in [0.5, 0.6) is 0 Å². The van der Waals surface area contributed by atoms with E-state index in [2.05, 4.69) is 10.2 Å². The van der Waals surface area contributed by atoms with E-state index in [1.54, 1.807) is 12.1 Å². The Labute approximate surface area is 128 Å². The lowest BCUT2D eigenvalue weighted by molar-refractivity contribution is 0.203. The van der Waals surface area contributed by atoms with Crippen molar-refractivity contribution in [3.05, 3.63) is 53.2 Å². The van der Waals surface area contributed by atoms with Gasteiger partial charge in [0.1, 0.15) is 5.82 Å². The standard InChI is InChI=1S/C14H11FN2O2S2/c15-10-5-3-9(4-6-10)11(18)8-21-14-17-16-13(19-14)12-2-1-7-20-12/h1-7,11,18H,8H2. The van der Waals surface area contributed by atoms with Crippen LogP contribution < -0.4 is 0 Å². The zero-order valence-electron chi connectivity index (χ0n) is 10.8. The number of thioether (sulfide) groups is 1. The van der Waals surface area contributed by atoms with E-state index in [1.165, 1.54) is 35.2 Å². The minimum Gasteiger partial charge on any atom is -0.410 e. The number of aromatic nitrogens is 2. The lowest BCUT2D eigenvalue weighted by Gasteiger charge is -2.08. The third-order valence-corrected chi connectivity index (χ3v) is 4.51. The van der Waals surface area contributed by atoms with Gasteiger partial charge in [-0.1, -0.05) is 30.0 Å². The number of hydrogen-bond donors (Lipinski definition) is 1. The monoisotopic (exact) mass is 322 g/mol. The summed E-state index contributed by atoms with van der Waals surface area (Å²) in [6.45, 7) is 0. The van der Waals surface area contributed by atoms with Crippen molar-refractivity contribution >= 4 is 23.1 Å². The van der Waals surface area contributed by atoms with Crippen LogP contribution >= 0.6 is 23.1 Å². The zero-order chi connectivity index (χ0) is 14.7. The second kappa shape index (κ2) is 6.38. The van der Waals surface area contributed by atoms with E-state index >= 15 is 0 Å². The minimum atomic E-state index is -0.715. The Morgan fingerprint density at radius 2 is 2.05 bits per heavy atom. The van der Waals surface area contributed by atoms with E-state index in [0.29, 0.717) is 22.4 Å². The topological polar surface area (TPSA) is 59.2 Å². The highest BCUT2D eigenvalue weighted by Gasteiger charge is 2.13. The van der Waals surface area contributed by atoms with Gasteiger partial charge in [0.05, 0.1) is 11.0 Å². The van der Waals surface area contributed by atoms with E-state index < -0.39 is 6.10 Å². The number of aliphatic hydroxyl groups excluding tert-OH is 1. The molecule has 1 unspecified atom stereocenters. The van der Waals surface area contributed by atoms with Gasteiger partial charge in [-0.25, -0.2) is 4.39 Å². The third kappa shape index (κ3) is 3.49. The van der Waals surface area contributed by atoms with Crippen LogP contribution in [0.4, 0.5) is 4.39 Å². The number of halogens is 1. The van der Waals surface area contributed by atoms with Crippen LogP contribution in [0.15, 0.2) is 51.4 Å². The van der Waals surface area contributed by atoms with E-state index in [9.17, 15) is 9.50 Å². The predicted octanol–water partition coefficient (Wildman–Crippen LogP) is 3.76. The Morgan fingerprint density at radius 3 is 2.76 bits per heavy atom. The number of benzene rings is 1. The van der Waals surface area contributed by atoms with Gasteiger partial charge in [-0.15, -0.1) is 21.5 Å². The number of rotatable bonds is 5. The van der Waals surface area contributed by atoms with Crippen molar-refractivity contribution in [2.75, 3.05) is 5.75 Å². The molecule has 108 valence electrons. The molecular formula is C14H11FN2O2S2. The fourth-order valence-corrected chi connectivity index (χ4v) is 3.07. The minimum absolute atomic E-state index is 0.323. The highest BCUT2D eigenvalue weighted by Crippen LogP contribution is 2.28. The quantitative estimate of drug-likeness (QED) is 0.725. The van der Waals surface area contributed by atoms with Crippen LogP contribution in [0.3, 0.4) is 0 Å². The molecule has 0 amide bonds. The van der Waals surface area contributed by atoms with Gasteiger partial charge in [0.15, 0.2) is 0 Å². The van der Waals surface area contributed by atoms with Crippen LogP contribution in [-0.2, 0) is 0 Å². The molecule has 0 aliphatic carbocycles. The summed E-state index contributed by atoms with van der Waals surface area (Å²) in [6, 6.07) is 9.59. The molecule has 1 N–H and O–H groups in total. The Balaban J connectivity index is 1.61. The first-order chi connectivity index (χ1) is 10.2.